The van der Waals surface area contributed by atoms with Gasteiger partial charge in [0, 0.05) is 12.5 Å². The molecule has 19 heavy (non-hydrogen) atoms. The zero-order valence-corrected chi connectivity index (χ0v) is 11.3. The molecule has 0 aromatic heterocycles. The minimum Gasteiger partial charge on any atom is -0.481 e. The van der Waals surface area contributed by atoms with Crippen molar-refractivity contribution in [3.63, 3.8) is 0 Å². The van der Waals surface area contributed by atoms with Crippen molar-refractivity contribution in [2.45, 2.75) is 37.1 Å². The molecule has 0 spiro atoms. The van der Waals surface area contributed by atoms with Crippen molar-refractivity contribution < 1.29 is 22.7 Å². The number of carboxylic acid groups (broad SMARTS) is 1. The summed E-state index contributed by atoms with van der Waals surface area (Å²) in [5.74, 6) is -1.74. The van der Waals surface area contributed by atoms with Crippen LogP contribution in [-0.2, 0) is 14.8 Å². The van der Waals surface area contributed by atoms with Gasteiger partial charge in [-0.05, 0) is 31.9 Å². The van der Waals surface area contributed by atoms with Crippen LogP contribution in [0, 0.1) is 5.82 Å². The smallest absolute Gasteiger partial charge is 0.303 e. The summed E-state index contributed by atoms with van der Waals surface area (Å²) in [6.07, 6.45) is 0.710. The Balaban J connectivity index is 2.65. The largest absolute Gasteiger partial charge is 0.481 e. The van der Waals surface area contributed by atoms with Crippen LogP contribution in [0.1, 0.15) is 26.2 Å². The SMILES string of the molecule is CC(CCCC(=O)O)NS(=O)(=O)c1ccccc1F. The second-order valence-electron chi connectivity index (χ2n) is 4.24. The minimum absolute atomic E-state index is 0.0221. The summed E-state index contributed by atoms with van der Waals surface area (Å²) in [4.78, 5) is 9.94. The Morgan fingerprint density at radius 1 is 1.42 bits per heavy atom. The van der Waals surface area contributed by atoms with Crippen LogP contribution in [0.5, 0.6) is 0 Å². The van der Waals surface area contributed by atoms with Crippen LogP contribution in [0.4, 0.5) is 4.39 Å². The zero-order chi connectivity index (χ0) is 14.5. The van der Waals surface area contributed by atoms with Gasteiger partial charge in [0.2, 0.25) is 10.0 Å². The number of hydrogen-bond donors (Lipinski definition) is 2. The average Bonchev–Trinajstić information content (AvgIpc) is 2.27. The van der Waals surface area contributed by atoms with E-state index in [0.29, 0.717) is 12.8 Å². The van der Waals surface area contributed by atoms with Crippen LogP contribution in [0.25, 0.3) is 0 Å². The summed E-state index contributed by atoms with van der Waals surface area (Å²) < 4.78 is 39.5. The van der Waals surface area contributed by atoms with Gasteiger partial charge in [-0.25, -0.2) is 17.5 Å². The van der Waals surface area contributed by atoms with Gasteiger partial charge >= 0.3 is 5.97 Å². The highest BCUT2D eigenvalue weighted by atomic mass is 32.2. The first-order chi connectivity index (χ1) is 8.83. The van der Waals surface area contributed by atoms with Crippen molar-refractivity contribution in [1.82, 2.24) is 4.72 Å². The van der Waals surface area contributed by atoms with Gasteiger partial charge < -0.3 is 5.11 Å². The summed E-state index contributed by atoms with van der Waals surface area (Å²) in [6, 6.07) is 4.65. The Hall–Kier alpha value is -1.47. The summed E-state index contributed by atoms with van der Waals surface area (Å²) in [7, 11) is -3.91. The molecular formula is C12H16FNO4S. The van der Waals surface area contributed by atoms with Gasteiger partial charge in [0.15, 0.2) is 0 Å². The second kappa shape index (κ2) is 6.63. The van der Waals surface area contributed by atoms with Crippen LogP contribution in [-0.4, -0.2) is 25.5 Å². The number of benzene rings is 1. The number of rotatable bonds is 7. The average molecular weight is 289 g/mol. The highest BCUT2D eigenvalue weighted by Crippen LogP contribution is 2.14. The topological polar surface area (TPSA) is 83.5 Å². The van der Waals surface area contributed by atoms with Crippen LogP contribution >= 0.6 is 0 Å². The minimum atomic E-state index is -3.91. The van der Waals surface area contributed by atoms with E-state index in [1.54, 1.807) is 6.92 Å². The van der Waals surface area contributed by atoms with E-state index in [9.17, 15) is 17.6 Å². The van der Waals surface area contributed by atoms with E-state index in [1.165, 1.54) is 18.2 Å². The monoisotopic (exact) mass is 289 g/mol. The van der Waals surface area contributed by atoms with Crippen LogP contribution < -0.4 is 4.72 Å². The molecule has 0 aliphatic carbocycles. The Morgan fingerprint density at radius 2 is 2.05 bits per heavy atom. The molecule has 0 aliphatic heterocycles. The Morgan fingerprint density at radius 3 is 2.63 bits per heavy atom. The van der Waals surface area contributed by atoms with Crippen LogP contribution in [0.3, 0.4) is 0 Å². The molecular weight excluding hydrogens is 273 g/mol. The number of hydrogen-bond acceptors (Lipinski definition) is 3. The highest BCUT2D eigenvalue weighted by Gasteiger charge is 2.20. The van der Waals surface area contributed by atoms with Gasteiger partial charge in [-0.3, -0.25) is 4.79 Å². The molecule has 106 valence electrons. The molecule has 0 heterocycles. The normalized spacial score (nSPS) is 13.2. The van der Waals surface area contributed by atoms with E-state index in [1.807, 2.05) is 0 Å². The lowest BCUT2D eigenvalue weighted by atomic mass is 10.1. The molecule has 1 aromatic carbocycles. The predicted octanol–water partition coefficient (Wildman–Crippen LogP) is 1.75. The van der Waals surface area contributed by atoms with Crippen LogP contribution in [0.15, 0.2) is 29.2 Å². The van der Waals surface area contributed by atoms with Crippen molar-refractivity contribution in [1.29, 1.82) is 0 Å². The maximum absolute atomic E-state index is 13.4. The number of sulfonamides is 1. The van der Waals surface area contributed by atoms with E-state index < -0.39 is 32.7 Å². The maximum Gasteiger partial charge on any atom is 0.303 e. The number of halogens is 1. The molecule has 1 atom stereocenters. The molecule has 0 bridgehead atoms. The third-order valence-corrected chi connectivity index (χ3v) is 4.13. The summed E-state index contributed by atoms with van der Waals surface area (Å²) >= 11 is 0. The maximum atomic E-state index is 13.4. The lowest BCUT2D eigenvalue weighted by Gasteiger charge is -2.14. The van der Waals surface area contributed by atoms with Crippen molar-refractivity contribution in [2.75, 3.05) is 0 Å². The molecule has 2 N–H and O–H groups in total. The van der Waals surface area contributed by atoms with Gasteiger partial charge in [-0.1, -0.05) is 12.1 Å². The van der Waals surface area contributed by atoms with Crippen molar-refractivity contribution in [3.8, 4) is 0 Å². The number of carboxylic acids is 1. The molecule has 1 rings (SSSR count). The summed E-state index contributed by atoms with van der Waals surface area (Å²) in [5, 5.41) is 8.49. The third-order valence-electron chi connectivity index (χ3n) is 2.51. The van der Waals surface area contributed by atoms with Crippen molar-refractivity contribution in [2.24, 2.45) is 0 Å². The molecule has 0 amide bonds. The molecule has 0 aliphatic rings. The number of carbonyl (C=O) groups is 1. The van der Waals surface area contributed by atoms with Crippen molar-refractivity contribution in [3.05, 3.63) is 30.1 Å². The molecule has 0 saturated carbocycles. The Labute approximate surface area is 111 Å². The quantitative estimate of drug-likeness (QED) is 0.801. The molecule has 0 fully saturated rings. The van der Waals surface area contributed by atoms with Gasteiger partial charge in [-0.15, -0.1) is 0 Å². The van der Waals surface area contributed by atoms with E-state index in [0.717, 1.165) is 6.07 Å². The Kier molecular flexibility index (Phi) is 5.44. The fourth-order valence-corrected chi connectivity index (χ4v) is 2.97. The zero-order valence-electron chi connectivity index (χ0n) is 10.5. The predicted molar refractivity (Wildman–Crippen MR) is 67.7 cm³/mol. The van der Waals surface area contributed by atoms with Crippen molar-refractivity contribution >= 4 is 16.0 Å². The number of nitrogens with one attached hydrogen (secondary N) is 1. The fraction of sp³-hybridized carbons (Fsp3) is 0.417. The lowest BCUT2D eigenvalue weighted by molar-refractivity contribution is -0.137. The number of aliphatic carboxylic acids is 1. The van der Waals surface area contributed by atoms with Gasteiger partial charge in [0.1, 0.15) is 10.7 Å². The van der Waals surface area contributed by atoms with E-state index in [4.69, 9.17) is 5.11 Å². The molecule has 1 unspecified atom stereocenters. The lowest BCUT2D eigenvalue weighted by Crippen LogP contribution is -2.33. The first-order valence-electron chi connectivity index (χ1n) is 5.81. The third kappa shape index (κ3) is 4.96. The molecule has 0 radical (unpaired) electrons. The van der Waals surface area contributed by atoms with Crippen LogP contribution in [0.2, 0.25) is 0 Å². The second-order valence-corrected chi connectivity index (χ2v) is 5.92. The van der Waals surface area contributed by atoms with Gasteiger partial charge in [-0.2, -0.15) is 0 Å². The van der Waals surface area contributed by atoms with E-state index >= 15 is 0 Å². The standard InChI is InChI=1S/C12H16FNO4S/c1-9(5-4-8-12(15)16)14-19(17,18)11-7-3-2-6-10(11)13/h2-3,6-7,9,14H,4-5,8H2,1H3,(H,15,16). The summed E-state index contributed by atoms with van der Waals surface area (Å²) in [5.41, 5.74) is 0. The Bertz CT molecular complexity index is 544. The molecule has 1 aromatic rings. The first kappa shape index (κ1) is 15.6. The fourth-order valence-electron chi connectivity index (χ4n) is 1.61. The molecule has 5 nitrogen and oxygen atoms in total. The first-order valence-corrected chi connectivity index (χ1v) is 7.30. The van der Waals surface area contributed by atoms with Gasteiger partial charge in [0.05, 0.1) is 0 Å². The molecule has 7 heteroatoms. The highest BCUT2D eigenvalue weighted by molar-refractivity contribution is 7.89. The van der Waals surface area contributed by atoms with E-state index in [2.05, 4.69) is 4.72 Å². The summed E-state index contributed by atoms with van der Waals surface area (Å²) in [6.45, 7) is 1.61. The van der Waals surface area contributed by atoms with E-state index in [-0.39, 0.29) is 6.42 Å². The van der Waals surface area contributed by atoms with Gasteiger partial charge in [0.25, 0.3) is 0 Å². The molecule has 0 saturated heterocycles.